The third-order valence-corrected chi connectivity index (χ3v) is 5.43. The van der Waals surface area contributed by atoms with E-state index in [2.05, 4.69) is 10.6 Å². The second kappa shape index (κ2) is 8.94. The van der Waals surface area contributed by atoms with Gasteiger partial charge in [-0.3, -0.25) is 14.5 Å². The number of carbonyl (C=O) groups is 2. The zero-order valence-electron chi connectivity index (χ0n) is 15.7. The van der Waals surface area contributed by atoms with Crippen LogP contribution in [0, 0.1) is 0 Å². The number of rotatable bonds is 5. The number of nitrogens with one attached hydrogen (secondary N) is 2. The van der Waals surface area contributed by atoms with Crippen LogP contribution in [-0.2, 0) is 22.3 Å². The van der Waals surface area contributed by atoms with Crippen LogP contribution in [0.3, 0.4) is 0 Å². The molecule has 154 valence electrons. The number of piperazine rings is 1. The molecule has 1 aromatic carbocycles. The van der Waals surface area contributed by atoms with Crippen LogP contribution in [0.5, 0.6) is 0 Å². The first-order valence-electron chi connectivity index (χ1n) is 9.80. The van der Waals surface area contributed by atoms with E-state index in [-0.39, 0.29) is 30.8 Å². The molecule has 1 saturated heterocycles. The van der Waals surface area contributed by atoms with E-state index < -0.39 is 17.8 Å². The second-order valence-electron chi connectivity index (χ2n) is 7.58. The van der Waals surface area contributed by atoms with E-state index in [1.165, 1.54) is 12.5 Å². The molecule has 8 heteroatoms. The zero-order valence-corrected chi connectivity index (χ0v) is 15.7. The number of hydrogen-bond donors (Lipinski definition) is 2. The summed E-state index contributed by atoms with van der Waals surface area (Å²) in [6.45, 7) is 1.10. The summed E-state index contributed by atoms with van der Waals surface area (Å²) < 4.78 is 38.8. The monoisotopic (exact) mass is 397 g/mol. The molecule has 3 rings (SSSR count). The predicted molar refractivity (Wildman–Crippen MR) is 98.3 cm³/mol. The molecular formula is C20H26F3N3O2. The van der Waals surface area contributed by atoms with Crippen LogP contribution in [0.1, 0.15) is 49.7 Å². The molecule has 2 aliphatic rings. The standard InChI is InChI=1S/C20H26F3N3O2/c21-20(22,23)15-6-4-5-14(11-15)13-26-10-9-24-19(28)17(26)12-18(27)25-16-7-2-1-3-8-16/h4-6,11,16-17H,1-3,7-10,12-13H2,(H,24,28)(H,25,27). The molecular weight excluding hydrogens is 371 g/mol. The minimum absolute atomic E-state index is 0.0152. The Morgan fingerprint density at radius 3 is 2.68 bits per heavy atom. The van der Waals surface area contributed by atoms with E-state index in [4.69, 9.17) is 0 Å². The van der Waals surface area contributed by atoms with Gasteiger partial charge in [0.15, 0.2) is 0 Å². The van der Waals surface area contributed by atoms with Gasteiger partial charge in [-0.25, -0.2) is 0 Å². The molecule has 0 aromatic heterocycles. The number of benzene rings is 1. The van der Waals surface area contributed by atoms with E-state index >= 15 is 0 Å². The van der Waals surface area contributed by atoms with Gasteiger partial charge in [0.1, 0.15) is 0 Å². The molecule has 0 bridgehead atoms. The van der Waals surface area contributed by atoms with Gasteiger partial charge >= 0.3 is 6.18 Å². The third kappa shape index (κ3) is 5.47. The summed E-state index contributed by atoms with van der Waals surface area (Å²) in [4.78, 5) is 26.6. The fourth-order valence-corrected chi connectivity index (χ4v) is 3.96. The molecule has 0 spiro atoms. The van der Waals surface area contributed by atoms with Crippen molar-refractivity contribution in [1.82, 2.24) is 15.5 Å². The van der Waals surface area contributed by atoms with Crippen molar-refractivity contribution < 1.29 is 22.8 Å². The number of nitrogens with zero attached hydrogens (tertiary/aromatic N) is 1. The fourth-order valence-electron chi connectivity index (χ4n) is 3.96. The van der Waals surface area contributed by atoms with Gasteiger partial charge in [-0.2, -0.15) is 13.2 Å². The first kappa shape index (κ1) is 20.6. The quantitative estimate of drug-likeness (QED) is 0.803. The van der Waals surface area contributed by atoms with E-state index in [0.29, 0.717) is 18.7 Å². The van der Waals surface area contributed by atoms with Gasteiger partial charge in [-0.15, -0.1) is 0 Å². The SMILES string of the molecule is O=C(CC1C(=O)NCCN1Cc1cccc(C(F)(F)F)c1)NC1CCCCC1. The van der Waals surface area contributed by atoms with Crippen LogP contribution in [0.15, 0.2) is 24.3 Å². The lowest BCUT2D eigenvalue weighted by molar-refractivity contribution is -0.137. The summed E-state index contributed by atoms with van der Waals surface area (Å²) in [5.41, 5.74) is -0.236. The van der Waals surface area contributed by atoms with Crippen molar-refractivity contribution >= 4 is 11.8 Å². The first-order valence-corrected chi connectivity index (χ1v) is 9.80. The molecule has 2 fully saturated rings. The summed E-state index contributed by atoms with van der Waals surface area (Å²) in [7, 11) is 0. The highest BCUT2D eigenvalue weighted by Gasteiger charge is 2.33. The molecule has 5 nitrogen and oxygen atoms in total. The Bertz CT molecular complexity index is 702. The number of hydrogen-bond acceptors (Lipinski definition) is 3. The summed E-state index contributed by atoms with van der Waals surface area (Å²) in [5, 5.41) is 5.76. The van der Waals surface area contributed by atoms with Gasteiger partial charge in [-0.05, 0) is 24.5 Å². The van der Waals surface area contributed by atoms with Crippen LogP contribution < -0.4 is 10.6 Å². The predicted octanol–water partition coefficient (Wildman–Crippen LogP) is 2.84. The normalized spacial score (nSPS) is 22.0. The average Bonchev–Trinajstić information content (AvgIpc) is 2.65. The summed E-state index contributed by atoms with van der Waals surface area (Å²) in [6.07, 6.45) is 0.887. The van der Waals surface area contributed by atoms with E-state index in [1.807, 2.05) is 0 Å². The maximum atomic E-state index is 12.9. The molecule has 1 aliphatic heterocycles. The third-order valence-electron chi connectivity index (χ3n) is 5.43. The molecule has 1 atom stereocenters. The van der Waals surface area contributed by atoms with E-state index in [1.54, 1.807) is 11.0 Å². The molecule has 1 saturated carbocycles. The van der Waals surface area contributed by atoms with Crippen molar-refractivity contribution in [2.24, 2.45) is 0 Å². The maximum Gasteiger partial charge on any atom is 0.416 e. The summed E-state index contributed by atoms with van der Waals surface area (Å²) >= 11 is 0. The van der Waals surface area contributed by atoms with Crippen molar-refractivity contribution in [3.05, 3.63) is 35.4 Å². The van der Waals surface area contributed by atoms with Gasteiger partial charge < -0.3 is 10.6 Å². The summed E-state index contributed by atoms with van der Waals surface area (Å²) in [6, 6.07) is 4.60. The topological polar surface area (TPSA) is 61.4 Å². The van der Waals surface area contributed by atoms with Crippen LogP contribution in [0.4, 0.5) is 13.2 Å². The van der Waals surface area contributed by atoms with Crippen LogP contribution in [0.25, 0.3) is 0 Å². The van der Waals surface area contributed by atoms with Gasteiger partial charge in [0, 0.05) is 25.7 Å². The first-order chi connectivity index (χ1) is 13.3. The lowest BCUT2D eigenvalue weighted by atomic mass is 9.95. The Morgan fingerprint density at radius 2 is 1.96 bits per heavy atom. The maximum absolute atomic E-state index is 12.9. The lowest BCUT2D eigenvalue weighted by Crippen LogP contribution is -2.56. The highest BCUT2D eigenvalue weighted by molar-refractivity contribution is 5.88. The van der Waals surface area contributed by atoms with E-state index in [9.17, 15) is 22.8 Å². The molecule has 0 radical (unpaired) electrons. The summed E-state index contributed by atoms with van der Waals surface area (Å²) in [5.74, 6) is -0.431. The molecule has 1 aromatic rings. The molecule has 2 amide bonds. The van der Waals surface area contributed by atoms with Crippen LogP contribution >= 0.6 is 0 Å². The number of amides is 2. The van der Waals surface area contributed by atoms with Crippen molar-refractivity contribution in [2.45, 2.75) is 63.3 Å². The fraction of sp³-hybridized carbons (Fsp3) is 0.600. The molecule has 1 heterocycles. The minimum Gasteiger partial charge on any atom is -0.353 e. The Balaban J connectivity index is 1.65. The Labute approximate surface area is 162 Å². The zero-order chi connectivity index (χ0) is 20.1. The largest absolute Gasteiger partial charge is 0.416 e. The van der Waals surface area contributed by atoms with Crippen molar-refractivity contribution in [1.29, 1.82) is 0 Å². The molecule has 28 heavy (non-hydrogen) atoms. The van der Waals surface area contributed by atoms with Gasteiger partial charge in [0.2, 0.25) is 11.8 Å². The van der Waals surface area contributed by atoms with Crippen molar-refractivity contribution in [3.63, 3.8) is 0 Å². The Hall–Kier alpha value is -2.09. The highest BCUT2D eigenvalue weighted by atomic mass is 19.4. The lowest BCUT2D eigenvalue weighted by Gasteiger charge is -2.35. The average molecular weight is 397 g/mol. The van der Waals surface area contributed by atoms with Crippen LogP contribution in [-0.4, -0.2) is 41.9 Å². The smallest absolute Gasteiger partial charge is 0.353 e. The van der Waals surface area contributed by atoms with Gasteiger partial charge in [-0.1, -0.05) is 37.5 Å². The van der Waals surface area contributed by atoms with Gasteiger partial charge in [0.25, 0.3) is 0 Å². The van der Waals surface area contributed by atoms with Crippen LogP contribution in [0.2, 0.25) is 0 Å². The van der Waals surface area contributed by atoms with Crippen molar-refractivity contribution in [2.75, 3.05) is 13.1 Å². The Kier molecular flexibility index (Phi) is 6.59. The molecule has 1 aliphatic carbocycles. The number of carbonyl (C=O) groups excluding carboxylic acids is 2. The van der Waals surface area contributed by atoms with E-state index in [0.717, 1.165) is 37.8 Å². The number of halogens is 3. The minimum atomic E-state index is -4.41. The second-order valence-corrected chi connectivity index (χ2v) is 7.58. The molecule has 2 N–H and O–H groups in total. The Morgan fingerprint density at radius 1 is 1.21 bits per heavy atom. The van der Waals surface area contributed by atoms with Crippen molar-refractivity contribution in [3.8, 4) is 0 Å². The highest BCUT2D eigenvalue weighted by Crippen LogP contribution is 2.30. The number of alkyl halides is 3. The van der Waals surface area contributed by atoms with Gasteiger partial charge in [0.05, 0.1) is 18.0 Å². The molecule has 1 unspecified atom stereocenters.